The third-order valence-electron chi connectivity index (χ3n) is 4.96. The van der Waals surface area contributed by atoms with Gasteiger partial charge in [0.15, 0.2) is 5.11 Å². The van der Waals surface area contributed by atoms with Gasteiger partial charge in [0, 0.05) is 10.7 Å². The van der Waals surface area contributed by atoms with Gasteiger partial charge < -0.3 is 10.6 Å². The largest absolute Gasteiger partial charge is 0.332 e. The van der Waals surface area contributed by atoms with Crippen molar-refractivity contribution in [1.82, 2.24) is 4.90 Å². The lowest BCUT2D eigenvalue weighted by atomic mass is 10.1. The van der Waals surface area contributed by atoms with Gasteiger partial charge in [-0.05, 0) is 66.2 Å². The van der Waals surface area contributed by atoms with Gasteiger partial charge in [-0.25, -0.2) is 4.99 Å². The molecule has 0 saturated heterocycles. The molecule has 156 valence electrons. The molecule has 0 amide bonds. The van der Waals surface area contributed by atoms with Gasteiger partial charge in [0.05, 0.1) is 17.6 Å². The number of hydrogen-bond acceptors (Lipinski definition) is 4. The van der Waals surface area contributed by atoms with Crippen LogP contribution in [0, 0.1) is 5.92 Å². The molecule has 1 atom stereocenters. The van der Waals surface area contributed by atoms with E-state index < -0.39 is 0 Å². The molecule has 0 aliphatic carbocycles. The number of nitrogens with zero attached hydrogens (tertiary/aromatic N) is 2. The van der Waals surface area contributed by atoms with Crippen molar-refractivity contribution < 1.29 is 0 Å². The van der Waals surface area contributed by atoms with Gasteiger partial charge in [0.2, 0.25) is 5.96 Å². The molecule has 1 aliphatic rings. The molecule has 2 aromatic rings. The van der Waals surface area contributed by atoms with Gasteiger partial charge in [0.1, 0.15) is 0 Å². The smallest absolute Gasteiger partial charge is 0.205 e. The Labute approximate surface area is 188 Å². The maximum atomic E-state index is 6.10. The monoisotopic (exact) mass is 448 g/mol. The Morgan fingerprint density at radius 3 is 2.90 bits per heavy atom. The second-order valence-corrected chi connectivity index (χ2v) is 9.45. The molecule has 1 unspecified atom stereocenters. The minimum Gasteiger partial charge on any atom is -0.332 e. The molecule has 29 heavy (non-hydrogen) atoms. The Kier molecular flexibility index (Phi) is 7.92. The van der Waals surface area contributed by atoms with Crippen molar-refractivity contribution in [3.05, 3.63) is 46.3 Å². The lowest BCUT2D eigenvalue weighted by Gasteiger charge is -2.23. The molecule has 3 rings (SSSR count). The minimum absolute atomic E-state index is 0.209. The Morgan fingerprint density at radius 1 is 1.34 bits per heavy atom. The van der Waals surface area contributed by atoms with Crippen molar-refractivity contribution in [3.63, 3.8) is 0 Å². The number of anilines is 2. The van der Waals surface area contributed by atoms with Gasteiger partial charge >= 0.3 is 0 Å². The maximum absolute atomic E-state index is 6.10. The van der Waals surface area contributed by atoms with Crippen LogP contribution in [0.5, 0.6) is 0 Å². The first-order chi connectivity index (χ1) is 14.0. The highest BCUT2D eigenvalue weighted by Crippen LogP contribution is 2.25. The molecule has 2 N–H and O–H groups in total. The van der Waals surface area contributed by atoms with Crippen molar-refractivity contribution in [1.29, 1.82) is 0 Å². The minimum atomic E-state index is 0.209. The van der Waals surface area contributed by atoms with E-state index in [4.69, 9.17) is 28.8 Å². The number of aliphatic imine (C=N–C) groups is 1. The summed E-state index contributed by atoms with van der Waals surface area (Å²) in [4.78, 5) is 6.97. The highest BCUT2D eigenvalue weighted by Gasteiger charge is 2.30. The molecule has 1 aromatic carbocycles. The van der Waals surface area contributed by atoms with E-state index in [1.54, 1.807) is 11.3 Å². The Bertz CT molecular complexity index is 862. The predicted octanol–water partition coefficient (Wildman–Crippen LogP) is 6.64. The summed E-state index contributed by atoms with van der Waals surface area (Å²) in [5.74, 6) is 1.25. The lowest BCUT2D eigenvalue weighted by molar-refractivity contribution is 0.465. The average Bonchev–Trinajstić information content (AvgIpc) is 3.29. The molecule has 0 saturated carbocycles. The first-order valence-electron chi connectivity index (χ1n) is 10.2. The molecule has 4 nitrogen and oxygen atoms in total. The molecule has 0 radical (unpaired) electrons. The standard InChI is InChI=1S/C22H29ClN4S2/c1-4-5-6-8-16-11-20(29-14-16)26-21-25-19(15(2)3)13-27(21)22(28)24-18-10-7-9-17(23)12-18/h7,9-12,14-15,19H,4-6,8,13H2,1-3H3,(H,24,28)(H,25,26). The quantitative estimate of drug-likeness (QED) is 0.368. The summed E-state index contributed by atoms with van der Waals surface area (Å²) in [5.41, 5.74) is 2.26. The van der Waals surface area contributed by atoms with Crippen molar-refractivity contribution in [3.8, 4) is 0 Å². The van der Waals surface area contributed by atoms with E-state index in [1.165, 1.54) is 24.8 Å². The molecule has 1 aliphatic heterocycles. The number of rotatable bonds is 7. The van der Waals surface area contributed by atoms with Crippen LogP contribution >= 0.6 is 35.2 Å². The summed E-state index contributed by atoms with van der Waals surface area (Å²) in [6, 6.07) is 10.0. The normalized spacial score (nSPS) is 16.2. The van der Waals surface area contributed by atoms with Gasteiger partial charge in [-0.15, -0.1) is 11.3 Å². The number of hydrogen-bond donors (Lipinski definition) is 2. The van der Waals surface area contributed by atoms with Crippen molar-refractivity contribution >= 4 is 56.9 Å². The van der Waals surface area contributed by atoms with E-state index >= 15 is 0 Å². The lowest BCUT2D eigenvalue weighted by Crippen LogP contribution is -2.41. The zero-order valence-electron chi connectivity index (χ0n) is 17.2. The zero-order valence-corrected chi connectivity index (χ0v) is 19.6. The molecule has 2 heterocycles. The van der Waals surface area contributed by atoms with Crippen LogP contribution < -0.4 is 10.6 Å². The van der Waals surface area contributed by atoms with Crippen LogP contribution in [0.15, 0.2) is 40.7 Å². The molecular weight excluding hydrogens is 420 g/mol. The number of nitrogens with one attached hydrogen (secondary N) is 2. The van der Waals surface area contributed by atoms with Gasteiger partial charge in [-0.1, -0.05) is 51.3 Å². The van der Waals surface area contributed by atoms with Gasteiger partial charge in [0.25, 0.3) is 0 Å². The van der Waals surface area contributed by atoms with Gasteiger partial charge in [-0.3, -0.25) is 4.90 Å². The molecule has 0 fully saturated rings. The number of unbranched alkanes of at least 4 members (excludes halogenated alkanes) is 2. The third-order valence-corrected chi connectivity index (χ3v) is 6.41. The van der Waals surface area contributed by atoms with Crippen LogP contribution in [0.4, 0.5) is 10.7 Å². The fourth-order valence-corrected chi connectivity index (χ4v) is 4.50. The van der Waals surface area contributed by atoms with Crippen LogP contribution in [0.2, 0.25) is 5.02 Å². The fraction of sp³-hybridized carbons (Fsp3) is 0.455. The van der Waals surface area contributed by atoms with Crippen molar-refractivity contribution in [2.45, 2.75) is 52.5 Å². The summed E-state index contributed by atoms with van der Waals surface area (Å²) < 4.78 is 0. The molecule has 0 spiro atoms. The summed E-state index contributed by atoms with van der Waals surface area (Å²) in [5, 5.41) is 11.5. The van der Waals surface area contributed by atoms with E-state index in [2.05, 4.69) is 47.8 Å². The summed E-state index contributed by atoms with van der Waals surface area (Å²) in [7, 11) is 0. The first kappa shape index (κ1) is 22.1. The fourth-order valence-electron chi connectivity index (χ4n) is 3.20. The summed E-state index contributed by atoms with van der Waals surface area (Å²) >= 11 is 13.5. The predicted molar refractivity (Wildman–Crippen MR) is 132 cm³/mol. The highest BCUT2D eigenvalue weighted by atomic mass is 35.5. The number of thiophene rings is 1. The van der Waals surface area contributed by atoms with E-state index in [-0.39, 0.29) is 6.04 Å². The van der Waals surface area contributed by atoms with Crippen molar-refractivity contribution in [2.75, 3.05) is 17.2 Å². The van der Waals surface area contributed by atoms with E-state index in [0.29, 0.717) is 16.1 Å². The van der Waals surface area contributed by atoms with E-state index in [1.807, 2.05) is 24.3 Å². The summed E-state index contributed by atoms with van der Waals surface area (Å²) in [6.07, 6.45) is 4.89. The van der Waals surface area contributed by atoms with Crippen LogP contribution in [0.1, 0.15) is 45.6 Å². The van der Waals surface area contributed by atoms with E-state index in [0.717, 1.165) is 29.6 Å². The third kappa shape index (κ3) is 6.17. The molecule has 1 aromatic heterocycles. The second-order valence-electron chi connectivity index (χ2n) is 7.72. The zero-order chi connectivity index (χ0) is 20.8. The molecule has 0 bridgehead atoms. The average molecular weight is 449 g/mol. The van der Waals surface area contributed by atoms with Crippen LogP contribution in [0.25, 0.3) is 0 Å². The number of halogens is 1. The van der Waals surface area contributed by atoms with E-state index in [9.17, 15) is 0 Å². The number of aryl methyl sites for hydroxylation is 1. The highest BCUT2D eigenvalue weighted by molar-refractivity contribution is 7.80. The Morgan fingerprint density at radius 2 is 2.17 bits per heavy atom. The van der Waals surface area contributed by atoms with Crippen LogP contribution in [-0.2, 0) is 6.42 Å². The molecular formula is C22H29ClN4S2. The number of benzene rings is 1. The Balaban J connectivity index is 1.70. The van der Waals surface area contributed by atoms with Crippen LogP contribution in [0.3, 0.4) is 0 Å². The second kappa shape index (κ2) is 10.4. The maximum Gasteiger partial charge on any atom is 0.205 e. The van der Waals surface area contributed by atoms with Gasteiger partial charge in [-0.2, -0.15) is 0 Å². The molecule has 7 heteroatoms. The number of thiocarbonyl (C=S) groups is 1. The van der Waals surface area contributed by atoms with Crippen LogP contribution in [-0.4, -0.2) is 28.6 Å². The topological polar surface area (TPSA) is 39.7 Å². The Hall–Kier alpha value is -1.63. The van der Waals surface area contributed by atoms with Crippen molar-refractivity contribution in [2.24, 2.45) is 10.9 Å². The first-order valence-corrected chi connectivity index (χ1v) is 11.9. The number of guanidine groups is 1. The SMILES string of the molecule is CCCCCc1csc(NC2=NC(C(C)C)CN2C(=S)Nc2cccc(Cl)c2)c1. The summed E-state index contributed by atoms with van der Waals surface area (Å²) in [6.45, 7) is 7.39.